The van der Waals surface area contributed by atoms with Gasteiger partial charge in [-0.1, -0.05) is 15.9 Å². The molecule has 1 saturated heterocycles. The average Bonchev–Trinajstić information content (AvgIpc) is 2.58. The minimum Gasteiger partial charge on any atom is -0.339 e. The van der Waals surface area contributed by atoms with Crippen LogP contribution in [0.15, 0.2) is 16.6 Å². The molecule has 3 rings (SSSR count). The van der Waals surface area contributed by atoms with Crippen LogP contribution in [-0.4, -0.2) is 40.7 Å². The molecule has 0 aromatic heterocycles. The number of amides is 2. The van der Waals surface area contributed by atoms with Crippen LogP contribution in [0, 0.1) is 5.82 Å². The molecule has 0 bridgehead atoms. The van der Waals surface area contributed by atoms with Crippen LogP contribution in [0.3, 0.4) is 0 Å². The first-order chi connectivity index (χ1) is 11.5. The van der Waals surface area contributed by atoms with E-state index < -0.39 is 0 Å². The average molecular weight is 397 g/mol. The van der Waals surface area contributed by atoms with Crippen LogP contribution in [0.25, 0.3) is 0 Å². The lowest BCUT2D eigenvalue weighted by atomic mass is 9.98. The summed E-state index contributed by atoms with van der Waals surface area (Å²) in [5.74, 6) is -0.128. The molecule has 0 spiro atoms. The minimum absolute atomic E-state index is 0.00843. The summed E-state index contributed by atoms with van der Waals surface area (Å²) in [7, 11) is 0. The number of fused-ring (bicyclic) bond motifs is 1. The lowest BCUT2D eigenvalue weighted by molar-refractivity contribution is -0.138. The van der Waals surface area contributed by atoms with Gasteiger partial charge in [-0.3, -0.25) is 9.59 Å². The molecule has 1 fully saturated rings. The van der Waals surface area contributed by atoms with Gasteiger partial charge in [-0.05, 0) is 43.9 Å². The van der Waals surface area contributed by atoms with Crippen molar-refractivity contribution in [2.45, 2.75) is 51.6 Å². The number of carbonyl (C=O) groups excluding carboxylic acids is 2. The molecule has 0 N–H and O–H groups in total. The largest absolute Gasteiger partial charge is 0.339 e. The number of hydrogen-bond acceptors (Lipinski definition) is 2. The van der Waals surface area contributed by atoms with Crippen molar-refractivity contribution >= 4 is 27.7 Å². The number of likely N-dealkylation sites (tertiary alicyclic amines) is 1. The van der Waals surface area contributed by atoms with Gasteiger partial charge in [0.25, 0.3) is 0 Å². The predicted molar refractivity (Wildman–Crippen MR) is 92.9 cm³/mol. The molecule has 4 nitrogen and oxygen atoms in total. The van der Waals surface area contributed by atoms with E-state index in [2.05, 4.69) is 15.9 Å². The van der Waals surface area contributed by atoms with Crippen LogP contribution in [0.1, 0.15) is 43.7 Å². The second-order valence-electron chi connectivity index (χ2n) is 6.65. The molecule has 1 atom stereocenters. The summed E-state index contributed by atoms with van der Waals surface area (Å²) in [6, 6.07) is 3.06. The van der Waals surface area contributed by atoms with Crippen LogP contribution in [0.5, 0.6) is 0 Å². The molecule has 2 aliphatic rings. The summed E-state index contributed by atoms with van der Waals surface area (Å²) in [5.41, 5.74) is 1.56. The number of rotatable bonds is 3. The van der Waals surface area contributed by atoms with Crippen LogP contribution in [-0.2, 0) is 22.6 Å². The second-order valence-corrected chi connectivity index (χ2v) is 7.50. The number of halogens is 2. The van der Waals surface area contributed by atoms with E-state index in [1.54, 1.807) is 11.0 Å². The highest BCUT2D eigenvalue weighted by Gasteiger charge is 2.29. The normalized spacial score (nSPS) is 19.2. The van der Waals surface area contributed by atoms with Gasteiger partial charge in [0.15, 0.2) is 0 Å². The molecule has 2 amide bonds. The molecule has 2 aliphatic heterocycles. The van der Waals surface area contributed by atoms with Gasteiger partial charge >= 0.3 is 0 Å². The molecule has 0 radical (unpaired) electrons. The number of hydrogen-bond donors (Lipinski definition) is 0. The highest BCUT2D eigenvalue weighted by molar-refractivity contribution is 9.10. The fraction of sp³-hybridized carbons (Fsp3) is 0.556. The van der Waals surface area contributed by atoms with Gasteiger partial charge in [0, 0.05) is 48.6 Å². The molecule has 0 aliphatic carbocycles. The monoisotopic (exact) mass is 396 g/mol. The molecule has 24 heavy (non-hydrogen) atoms. The smallest absolute Gasteiger partial charge is 0.224 e. The maximum Gasteiger partial charge on any atom is 0.224 e. The SMILES string of the molecule is CC(CC(=O)N1CCc2c(Br)ccc(F)c2C1)N1CCCCC1=O. The zero-order valence-corrected chi connectivity index (χ0v) is 15.4. The number of benzene rings is 1. The van der Waals surface area contributed by atoms with E-state index in [0.29, 0.717) is 37.9 Å². The predicted octanol–water partition coefficient (Wildman–Crippen LogP) is 3.26. The van der Waals surface area contributed by atoms with Gasteiger partial charge in [-0.2, -0.15) is 0 Å². The molecule has 6 heteroatoms. The number of nitrogens with zero attached hydrogens (tertiary/aromatic N) is 2. The third-order valence-electron chi connectivity index (χ3n) is 5.01. The Balaban J connectivity index is 1.66. The molecular formula is C18H22BrFN2O2. The van der Waals surface area contributed by atoms with Gasteiger partial charge in [0.05, 0.1) is 0 Å². The Bertz CT molecular complexity index is 665. The summed E-state index contributed by atoms with van der Waals surface area (Å²) in [4.78, 5) is 28.1. The third-order valence-corrected chi connectivity index (χ3v) is 5.76. The van der Waals surface area contributed by atoms with Crippen molar-refractivity contribution in [3.63, 3.8) is 0 Å². The molecule has 2 heterocycles. The molecule has 130 valence electrons. The van der Waals surface area contributed by atoms with Crippen molar-refractivity contribution in [2.24, 2.45) is 0 Å². The Labute approximate surface area is 150 Å². The van der Waals surface area contributed by atoms with Crippen molar-refractivity contribution in [3.05, 3.63) is 33.5 Å². The fourth-order valence-electron chi connectivity index (χ4n) is 3.59. The lowest BCUT2D eigenvalue weighted by Crippen LogP contribution is -2.45. The van der Waals surface area contributed by atoms with Gasteiger partial charge < -0.3 is 9.80 Å². The van der Waals surface area contributed by atoms with E-state index in [4.69, 9.17) is 0 Å². The highest BCUT2D eigenvalue weighted by atomic mass is 79.9. The van der Waals surface area contributed by atoms with Gasteiger partial charge in [0.1, 0.15) is 5.82 Å². The van der Waals surface area contributed by atoms with E-state index in [9.17, 15) is 14.0 Å². The van der Waals surface area contributed by atoms with Crippen molar-refractivity contribution < 1.29 is 14.0 Å². The first-order valence-corrected chi connectivity index (χ1v) is 9.29. The number of piperidine rings is 1. The lowest BCUT2D eigenvalue weighted by Gasteiger charge is -2.35. The third kappa shape index (κ3) is 3.48. The van der Waals surface area contributed by atoms with Crippen molar-refractivity contribution in [3.8, 4) is 0 Å². The van der Waals surface area contributed by atoms with Crippen LogP contribution in [0.4, 0.5) is 4.39 Å². The van der Waals surface area contributed by atoms with Crippen LogP contribution < -0.4 is 0 Å². The van der Waals surface area contributed by atoms with Crippen molar-refractivity contribution in [1.29, 1.82) is 0 Å². The molecular weight excluding hydrogens is 375 g/mol. The van der Waals surface area contributed by atoms with Gasteiger partial charge in [0.2, 0.25) is 11.8 Å². The first-order valence-electron chi connectivity index (χ1n) is 8.50. The maximum absolute atomic E-state index is 14.1. The van der Waals surface area contributed by atoms with Crippen LogP contribution >= 0.6 is 15.9 Å². The highest BCUT2D eigenvalue weighted by Crippen LogP contribution is 2.29. The van der Waals surface area contributed by atoms with Gasteiger partial charge in [-0.15, -0.1) is 0 Å². The van der Waals surface area contributed by atoms with Gasteiger partial charge in [-0.25, -0.2) is 4.39 Å². The first kappa shape index (κ1) is 17.4. The van der Waals surface area contributed by atoms with Crippen molar-refractivity contribution in [1.82, 2.24) is 9.80 Å². The summed E-state index contributed by atoms with van der Waals surface area (Å²) >= 11 is 3.46. The second kappa shape index (κ2) is 7.21. The minimum atomic E-state index is -0.259. The Morgan fingerprint density at radius 2 is 2.04 bits per heavy atom. The Morgan fingerprint density at radius 3 is 2.79 bits per heavy atom. The topological polar surface area (TPSA) is 40.6 Å². The van der Waals surface area contributed by atoms with E-state index in [1.807, 2.05) is 11.8 Å². The number of carbonyl (C=O) groups is 2. The van der Waals surface area contributed by atoms with Crippen LogP contribution in [0.2, 0.25) is 0 Å². The fourth-order valence-corrected chi connectivity index (χ4v) is 4.16. The zero-order valence-electron chi connectivity index (χ0n) is 13.9. The summed E-state index contributed by atoms with van der Waals surface area (Å²) < 4.78 is 15.0. The Kier molecular flexibility index (Phi) is 5.23. The maximum atomic E-state index is 14.1. The Hall–Kier alpha value is -1.43. The molecule has 0 saturated carbocycles. The van der Waals surface area contributed by atoms with E-state index in [1.165, 1.54) is 6.07 Å². The van der Waals surface area contributed by atoms with Crippen molar-refractivity contribution in [2.75, 3.05) is 13.1 Å². The van der Waals surface area contributed by atoms with E-state index >= 15 is 0 Å². The Morgan fingerprint density at radius 1 is 1.25 bits per heavy atom. The van der Waals surface area contributed by atoms with E-state index in [0.717, 1.165) is 29.4 Å². The standard InChI is InChI=1S/C18H22BrFN2O2/c1-12(22-8-3-2-4-17(22)23)10-18(24)21-9-7-13-14(11-21)16(20)6-5-15(13)19/h5-6,12H,2-4,7-11H2,1H3. The summed E-state index contributed by atoms with van der Waals surface area (Å²) in [6.07, 6.45) is 3.47. The molecule has 1 aromatic rings. The zero-order chi connectivity index (χ0) is 17.3. The summed E-state index contributed by atoms with van der Waals surface area (Å²) in [5, 5.41) is 0. The molecule has 1 aromatic carbocycles. The summed E-state index contributed by atoms with van der Waals surface area (Å²) in [6.45, 7) is 3.56. The molecule has 1 unspecified atom stereocenters. The van der Waals surface area contributed by atoms with E-state index in [-0.39, 0.29) is 23.7 Å². The quantitative estimate of drug-likeness (QED) is 0.786.